The Labute approximate surface area is 52.6 Å². The zero-order valence-electron chi connectivity index (χ0n) is 4.57. The van der Waals surface area contributed by atoms with Crippen molar-refractivity contribution in [3.63, 3.8) is 0 Å². The lowest BCUT2D eigenvalue weighted by molar-refractivity contribution is -0.108. The molecule has 0 aromatic heterocycles. The van der Waals surface area contributed by atoms with E-state index in [-0.39, 0.29) is 12.8 Å². The highest BCUT2D eigenvalue weighted by atomic mass is 32.2. The molecule has 1 rings (SSSR count). The summed E-state index contributed by atoms with van der Waals surface area (Å²) in [6, 6.07) is 0. The number of carbonyl (C=O) groups is 1. The fourth-order valence-corrected chi connectivity index (χ4v) is 1.30. The summed E-state index contributed by atoms with van der Waals surface area (Å²) in [5.74, 6) is 0. The quantitative estimate of drug-likeness (QED) is 0.429. The van der Waals surface area contributed by atoms with Gasteiger partial charge in [-0.15, -0.1) is 0 Å². The molecule has 1 aliphatic rings. The fourth-order valence-electron chi connectivity index (χ4n) is 0.560. The summed E-state index contributed by atoms with van der Waals surface area (Å²) in [6.07, 6.45) is 0.812. The van der Waals surface area contributed by atoms with E-state index in [4.69, 9.17) is 4.55 Å². The predicted molar refractivity (Wildman–Crippen MR) is 29.6 cm³/mol. The Morgan fingerprint density at radius 3 is 1.89 bits per heavy atom. The second kappa shape index (κ2) is 1.54. The Morgan fingerprint density at radius 1 is 1.44 bits per heavy atom. The van der Waals surface area contributed by atoms with Gasteiger partial charge in [0.25, 0.3) is 10.1 Å². The van der Waals surface area contributed by atoms with Crippen LogP contribution in [0.4, 0.5) is 0 Å². The standard InChI is InChI=1S/C4H6O4S/c5-3-4(1-2-4)9(6,7)8/h3H,1-2H2,(H,6,7,8). The van der Waals surface area contributed by atoms with Gasteiger partial charge in [0.05, 0.1) is 0 Å². The second-order valence-electron chi connectivity index (χ2n) is 2.16. The van der Waals surface area contributed by atoms with Crippen molar-refractivity contribution >= 4 is 16.4 Å². The molecule has 0 heterocycles. The SMILES string of the molecule is O=CC1(S(=O)(=O)O)CC1. The van der Waals surface area contributed by atoms with Crippen LogP contribution >= 0.6 is 0 Å². The molecule has 1 saturated carbocycles. The van der Waals surface area contributed by atoms with E-state index in [2.05, 4.69) is 0 Å². The molecule has 9 heavy (non-hydrogen) atoms. The topological polar surface area (TPSA) is 71.4 Å². The van der Waals surface area contributed by atoms with Gasteiger partial charge in [-0.1, -0.05) is 0 Å². The van der Waals surface area contributed by atoms with Crippen molar-refractivity contribution in [1.29, 1.82) is 0 Å². The smallest absolute Gasteiger partial charge is 0.277 e. The van der Waals surface area contributed by atoms with Crippen molar-refractivity contribution in [2.75, 3.05) is 0 Å². The summed E-state index contributed by atoms with van der Waals surface area (Å²) < 4.78 is 27.5. The highest BCUT2D eigenvalue weighted by Crippen LogP contribution is 2.40. The van der Waals surface area contributed by atoms with Crippen LogP contribution in [-0.4, -0.2) is 24.0 Å². The maximum absolute atomic E-state index is 10.3. The Morgan fingerprint density at radius 2 is 1.89 bits per heavy atom. The molecule has 0 amide bonds. The Hall–Kier alpha value is -0.420. The maximum Gasteiger partial charge on any atom is 0.277 e. The third kappa shape index (κ3) is 0.859. The van der Waals surface area contributed by atoms with Gasteiger partial charge in [0.2, 0.25) is 0 Å². The monoisotopic (exact) mass is 150 g/mol. The molecule has 5 heteroatoms. The highest BCUT2D eigenvalue weighted by molar-refractivity contribution is 7.88. The van der Waals surface area contributed by atoms with Crippen molar-refractivity contribution < 1.29 is 17.8 Å². The van der Waals surface area contributed by atoms with Gasteiger partial charge in [-0.2, -0.15) is 8.42 Å². The van der Waals surface area contributed by atoms with Crippen LogP contribution in [0.2, 0.25) is 0 Å². The molecular weight excluding hydrogens is 144 g/mol. The van der Waals surface area contributed by atoms with E-state index in [1.54, 1.807) is 0 Å². The van der Waals surface area contributed by atoms with Crippen LogP contribution in [-0.2, 0) is 14.9 Å². The zero-order chi connectivity index (χ0) is 7.12. The molecule has 0 aromatic rings. The molecule has 4 nitrogen and oxygen atoms in total. The van der Waals surface area contributed by atoms with Crippen molar-refractivity contribution in [3.05, 3.63) is 0 Å². The molecular formula is C4H6O4S. The van der Waals surface area contributed by atoms with E-state index in [9.17, 15) is 13.2 Å². The molecule has 0 bridgehead atoms. The van der Waals surface area contributed by atoms with Gasteiger partial charge in [0.1, 0.15) is 6.29 Å². The Bertz CT molecular complexity index is 223. The van der Waals surface area contributed by atoms with Gasteiger partial charge in [-0.3, -0.25) is 4.55 Å². The molecule has 0 aliphatic heterocycles. The first-order valence-corrected chi connectivity index (χ1v) is 3.89. The van der Waals surface area contributed by atoms with Crippen LogP contribution in [0.3, 0.4) is 0 Å². The lowest BCUT2D eigenvalue weighted by Crippen LogP contribution is -2.23. The number of carbonyl (C=O) groups excluding carboxylic acids is 1. The zero-order valence-corrected chi connectivity index (χ0v) is 5.39. The summed E-state index contributed by atoms with van der Waals surface area (Å²) in [5.41, 5.74) is 0. The minimum atomic E-state index is -4.11. The van der Waals surface area contributed by atoms with E-state index >= 15 is 0 Å². The summed E-state index contributed by atoms with van der Waals surface area (Å²) >= 11 is 0. The van der Waals surface area contributed by atoms with Gasteiger partial charge in [0, 0.05) is 0 Å². The molecule has 1 aliphatic carbocycles. The van der Waals surface area contributed by atoms with Crippen LogP contribution in [0.5, 0.6) is 0 Å². The first kappa shape index (κ1) is 6.70. The van der Waals surface area contributed by atoms with Crippen LogP contribution in [0.1, 0.15) is 12.8 Å². The molecule has 0 aromatic carbocycles. The Balaban J connectivity index is 2.97. The number of hydrogen-bond donors (Lipinski definition) is 1. The normalized spacial score (nSPS) is 23.2. The largest absolute Gasteiger partial charge is 0.302 e. The maximum atomic E-state index is 10.3. The lowest BCUT2D eigenvalue weighted by Gasteiger charge is -1.98. The van der Waals surface area contributed by atoms with Crippen molar-refractivity contribution in [3.8, 4) is 0 Å². The molecule has 1 N–H and O–H groups in total. The average molecular weight is 150 g/mol. The van der Waals surface area contributed by atoms with Gasteiger partial charge in [0.15, 0.2) is 4.75 Å². The van der Waals surface area contributed by atoms with Crippen LogP contribution in [0.15, 0.2) is 0 Å². The van der Waals surface area contributed by atoms with Gasteiger partial charge in [-0.05, 0) is 12.8 Å². The first-order chi connectivity index (χ1) is 4.02. The highest BCUT2D eigenvalue weighted by Gasteiger charge is 2.54. The molecule has 1 fully saturated rings. The first-order valence-electron chi connectivity index (χ1n) is 2.45. The third-order valence-electron chi connectivity index (χ3n) is 1.47. The molecule has 0 saturated heterocycles. The minimum Gasteiger partial charge on any atom is -0.302 e. The fraction of sp³-hybridized carbons (Fsp3) is 0.750. The van der Waals surface area contributed by atoms with E-state index in [1.807, 2.05) is 0 Å². The molecule has 0 atom stereocenters. The number of hydrogen-bond acceptors (Lipinski definition) is 3. The molecule has 0 spiro atoms. The average Bonchev–Trinajstić information content (AvgIpc) is 2.40. The van der Waals surface area contributed by atoms with E-state index in [0.717, 1.165) is 0 Å². The van der Waals surface area contributed by atoms with Gasteiger partial charge in [-0.25, -0.2) is 0 Å². The van der Waals surface area contributed by atoms with Crippen LogP contribution in [0.25, 0.3) is 0 Å². The van der Waals surface area contributed by atoms with Gasteiger partial charge >= 0.3 is 0 Å². The van der Waals surface area contributed by atoms with E-state index in [0.29, 0.717) is 6.29 Å². The van der Waals surface area contributed by atoms with Gasteiger partial charge < -0.3 is 4.79 Å². The summed E-state index contributed by atoms with van der Waals surface area (Å²) in [6.45, 7) is 0. The predicted octanol–water partition coefficient (Wildman–Crippen LogP) is -0.394. The third-order valence-corrected chi connectivity index (χ3v) is 3.00. The number of aldehydes is 1. The minimum absolute atomic E-state index is 0.259. The van der Waals surface area contributed by atoms with Crippen molar-refractivity contribution in [2.45, 2.75) is 17.6 Å². The lowest BCUT2D eigenvalue weighted by atomic mass is 10.5. The molecule has 52 valence electrons. The van der Waals surface area contributed by atoms with Crippen LogP contribution in [0, 0.1) is 0 Å². The molecule has 0 radical (unpaired) electrons. The van der Waals surface area contributed by atoms with E-state index < -0.39 is 14.9 Å². The summed E-state index contributed by atoms with van der Waals surface area (Å²) in [7, 11) is -4.11. The van der Waals surface area contributed by atoms with Crippen molar-refractivity contribution in [2.24, 2.45) is 0 Å². The summed E-state index contributed by atoms with van der Waals surface area (Å²) in [4.78, 5) is 10.00. The second-order valence-corrected chi connectivity index (χ2v) is 3.92. The summed E-state index contributed by atoms with van der Waals surface area (Å²) in [5, 5.41) is 0. The molecule has 0 unspecified atom stereocenters. The van der Waals surface area contributed by atoms with Crippen LogP contribution < -0.4 is 0 Å². The number of rotatable bonds is 2. The van der Waals surface area contributed by atoms with E-state index in [1.165, 1.54) is 0 Å². The Kier molecular flexibility index (Phi) is 1.15. The van der Waals surface area contributed by atoms with Crippen molar-refractivity contribution in [1.82, 2.24) is 0 Å².